The second-order valence-electron chi connectivity index (χ2n) is 10.0. The molecule has 3 aliphatic rings. The predicted molar refractivity (Wildman–Crippen MR) is 116 cm³/mol. The number of fused-ring (bicyclic) bond motifs is 5. The van der Waals surface area contributed by atoms with E-state index < -0.39 is 8.32 Å². The van der Waals surface area contributed by atoms with Crippen molar-refractivity contribution >= 4 is 14.0 Å². The zero-order valence-corrected chi connectivity index (χ0v) is 19.3. The fraction of sp³-hybridized carbons (Fsp3) is 0.696. The Morgan fingerprint density at radius 2 is 1.86 bits per heavy atom. The molecule has 3 aliphatic carbocycles. The van der Waals surface area contributed by atoms with Gasteiger partial charge in [0.15, 0.2) is 5.75 Å². The van der Waals surface area contributed by atoms with Crippen molar-refractivity contribution in [3.63, 3.8) is 0 Å². The summed E-state index contributed by atoms with van der Waals surface area (Å²) >= 11 is 0. The number of oxime groups is 1. The Bertz CT molecular complexity index is 785. The number of nitrogens with zero attached hydrogens (tertiary/aromatic N) is 1. The van der Waals surface area contributed by atoms with Crippen molar-refractivity contribution in [3.05, 3.63) is 23.3 Å². The summed E-state index contributed by atoms with van der Waals surface area (Å²) in [5, 5.41) is 4.42. The van der Waals surface area contributed by atoms with Crippen LogP contribution in [-0.2, 0) is 11.3 Å². The van der Waals surface area contributed by atoms with Crippen molar-refractivity contribution in [2.24, 2.45) is 22.4 Å². The van der Waals surface area contributed by atoms with Crippen LogP contribution in [0, 0.1) is 17.3 Å². The zero-order chi connectivity index (χ0) is 20.1. The van der Waals surface area contributed by atoms with Gasteiger partial charge in [-0.25, -0.2) is 0 Å². The average Bonchev–Trinajstić information content (AvgIpc) is 2.97. The molecule has 0 saturated heterocycles. The third kappa shape index (κ3) is 3.16. The van der Waals surface area contributed by atoms with Crippen LogP contribution >= 0.6 is 0 Å². The number of methoxy groups -OCH3 is 1. The molecule has 2 fully saturated rings. The molecule has 2 saturated carbocycles. The third-order valence-electron chi connectivity index (χ3n) is 7.40. The van der Waals surface area contributed by atoms with E-state index in [1.165, 1.54) is 42.5 Å². The minimum Gasteiger partial charge on any atom is -0.542 e. The van der Waals surface area contributed by atoms with Gasteiger partial charge in [-0.05, 0) is 87.5 Å². The highest BCUT2D eigenvalue weighted by Gasteiger charge is 2.54. The molecule has 0 unspecified atom stereocenters. The first kappa shape index (κ1) is 19.8. The van der Waals surface area contributed by atoms with Gasteiger partial charge in [0, 0.05) is 11.0 Å². The molecule has 1 aromatic carbocycles. The Hall–Kier alpha value is -1.49. The van der Waals surface area contributed by atoms with Gasteiger partial charge in [0.1, 0.15) is 12.9 Å². The minimum atomic E-state index is -1.71. The summed E-state index contributed by atoms with van der Waals surface area (Å²) in [7, 11) is 1.73. The van der Waals surface area contributed by atoms with E-state index in [1.807, 2.05) is 0 Å². The van der Waals surface area contributed by atoms with Gasteiger partial charge in [0.2, 0.25) is 8.32 Å². The molecule has 4 rings (SSSR count). The van der Waals surface area contributed by atoms with Gasteiger partial charge in [-0.15, -0.1) is 0 Å². The lowest BCUT2D eigenvalue weighted by atomic mass is 9.55. The Morgan fingerprint density at radius 1 is 1.07 bits per heavy atom. The minimum absolute atomic E-state index is 0.221. The molecule has 1 aromatic rings. The van der Waals surface area contributed by atoms with Crippen molar-refractivity contribution in [1.29, 1.82) is 0 Å². The summed E-state index contributed by atoms with van der Waals surface area (Å²) in [4.78, 5) is 5.18. The molecule has 0 bridgehead atoms. The van der Waals surface area contributed by atoms with E-state index in [4.69, 9.17) is 14.0 Å². The first-order chi connectivity index (χ1) is 13.3. The van der Waals surface area contributed by atoms with Gasteiger partial charge < -0.3 is 14.0 Å². The van der Waals surface area contributed by atoms with Gasteiger partial charge in [-0.3, -0.25) is 0 Å². The molecular weight excluding hydrogens is 366 g/mol. The molecule has 0 spiro atoms. The molecule has 0 aliphatic heterocycles. The van der Waals surface area contributed by atoms with Crippen LogP contribution in [0.1, 0.15) is 56.1 Å². The lowest BCUT2D eigenvalue weighted by Crippen LogP contribution is -2.42. The molecule has 0 heterocycles. The van der Waals surface area contributed by atoms with Crippen LogP contribution in [0.3, 0.4) is 0 Å². The van der Waals surface area contributed by atoms with Gasteiger partial charge in [0.05, 0.1) is 12.8 Å². The smallest absolute Gasteiger partial charge is 0.242 e. The first-order valence-corrected chi connectivity index (χ1v) is 14.2. The number of ether oxygens (including phenoxy) is 1. The first-order valence-electron chi connectivity index (χ1n) is 10.8. The van der Waals surface area contributed by atoms with E-state index in [0.29, 0.717) is 5.92 Å². The van der Waals surface area contributed by atoms with E-state index in [0.717, 1.165) is 36.2 Å². The molecule has 0 aromatic heterocycles. The molecule has 0 amide bonds. The maximum atomic E-state index is 6.54. The van der Waals surface area contributed by atoms with Crippen LogP contribution in [0.25, 0.3) is 0 Å². The normalized spacial score (nSPS) is 33.1. The number of rotatable bonds is 4. The van der Waals surface area contributed by atoms with Crippen molar-refractivity contribution in [2.45, 2.75) is 71.0 Å². The summed E-state index contributed by atoms with van der Waals surface area (Å²) in [6.45, 7) is 9.18. The quantitative estimate of drug-likeness (QED) is 0.475. The lowest BCUT2D eigenvalue weighted by Gasteiger charge is -2.49. The molecule has 4 atom stereocenters. The van der Waals surface area contributed by atoms with Crippen molar-refractivity contribution in [2.75, 3.05) is 14.2 Å². The van der Waals surface area contributed by atoms with Crippen LogP contribution in [0.5, 0.6) is 11.5 Å². The highest BCUT2D eigenvalue weighted by atomic mass is 28.4. The molecule has 4 nitrogen and oxygen atoms in total. The van der Waals surface area contributed by atoms with Gasteiger partial charge >= 0.3 is 0 Å². The van der Waals surface area contributed by atoms with Crippen molar-refractivity contribution in [3.8, 4) is 11.5 Å². The van der Waals surface area contributed by atoms with E-state index in [-0.39, 0.29) is 5.41 Å². The van der Waals surface area contributed by atoms with E-state index >= 15 is 0 Å². The Balaban J connectivity index is 1.70. The van der Waals surface area contributed by atoms with Crippen LogP contribution in [0.2, 0.25) is 19.6 Å². The largest absolute Gasteiger partial charge is 0.542 e. The molecule has 154 valence electrons. The highest BCUT2D eigenvalue weighted by Crippen LogP contribution is 2.61. The van der Waals surface area contributed by atoms with Crippen LogP contribution < -0.4 is 9.16 Å². The number of benzene rings is 1. The average molecular weight is 402 g/mol. The van der Waals surface area contributed by atoms with Gasteiger partial charge in [-0.2, -0.15) is 0 Å². The SMILES string of the molecule is CO/N=C1/CC[C@H]2[C@@H]3CCc4c(ccc(OC)c4O[Si](C)(C)C)[C@H]3CC[C@]12C. The Labute approximate surface area is 170 Å². The molecular formula is C23H35NO3Si. The molecule has 0 radical (unpaired) electrons. The summed E-state index contributed by atoms with van der Waals surface area (Å²) < 4.78 is 12.2. The number of hydrogen-bond donors (Lipinski definition) is 0. The van der Waals surface area contributed by atoms with E-state index in [2.05, 4.69) is 43.9 Å². The predicted octanol–water partition coefficient (Wildman–Crippen LogP) is 5.77. The van der Waals surface area contributed by atoms with Crippen LogP contribution in [0.4, 0.5) is 0 Å². The van der Waals surface area contributed by atoms with Crippen molar-refractivity contribution < 1.29 is 14.0 Å². The molecule has 5 heteroatoms. The standard InChI is InChI=1S/C23H35NO3Si/c1-23-14-13-16-15-9-11-20(25-2)22(27-28(4,5)6)18(15)8-7-17(16)19(23)10-12-21(23)24-26-3/h9,11,16-17,19H,7-8,10,12-14H2,1-6H3/b24-21-/t16-,17-,19+,23+/m1/s1. The maximum absolute atomic E-state index is 6.54. The fourth-order valence-electron chi connectivity index (χ4n) is 6.24. The van der Waals surface area contributed by atoms with Crippen LogP contribution in [-0.4, -0.2) is 28.2 Å². The zero-order valence-electron chi connectivity index (χ0n) is 18.3. The van der Waals surface area contributed by atoms with E-state index in [9.17, 15) is 0 Å². The second-order valence-corrected chi connectivity index (χ2v) is 14.4. The van der Waals surface area contributed by atoms with Crippen LogP contribution in [0.15, 0.2) is 17.3 Å². The summed E-state index contributed by atoms with van der Waals surface area (Å²) in [6.07, 6.45) is 7.12. The Morgan fingerprint density at radius 3 is 2.54 bits per heavy atom. The maximum Gasteiger partial charge on any atom is 0.242 e. The monoisotopic (exact) mass is 401 g/mol. The number of hydrogen-bond acceptors (Lipinski definition) is 4. The summed E-state index contributed by atoms with van der Waals surface area (Å²) in [6, 6.07) is 4.46. The topological polar surface area (TPSA) is 40.0 Å². The summed E-state index contributed by atoms with van der Waals surface area (Å²) in [5.74, 6) is 4.02. The molecule has 0 N–H and O–H groups in total. The summed E-state index contributed by atoms with van der Waals surface area (Å²) in [5.41, 5.74) is 4.44. The molecule has 28 heavy (non-hydrogen) atoms. The second kappa shape index (κ2) is 7.08. The van der Waals surface area contributed by atoms with Gasteiger partial charge in [-0.1, -0.05) is 18.1 Å². The van der Waals surface area contributed by atoms with E-state index in [1.54, 1.807) is 14.2 Å². The lowest BCUT2D eigenvalue weighted by molar-refractivity contribution is 0.0921. The van der Waals surface area contributed by atoms with Crippen molar-refractivity contribution in [1.82, 2.24) is 0 Å². The fourth-order valence-corrected chi connectivity index (χ4v) is 7.08. The van der Waals surface area contributed by atoms with Gasteiger partial charge in [0.25, 0.3) is 0 Å². The Kier molecular flexibility index (Phi) is 5.01. The highest BCUT2D eigenvalue weighted by molar-refractivity contribution is 6.70. The third-order valence-corrected chi connectivity index (χ3v) is 8.21.